The average molecular weight is 377 g/mol. The molecule has 0 bridgehead atoms. The Hall–Kier alpha value is -2.06. The van der Waals surface area contributed by atoms with Crippen LogP contribution in [0.2, 0.25) is 0 Å². The van der Waals surface area contributed by atoms with E-state index in [2.05, 4.69) is 15.4 Å². The zero-order valence-corrected chi connectivity index (χ0v) is 15.5. The second-order valence-electron chi connectivity index (χ2n) is 6.48. The molecule has 2 atom stereocenters. The summed E-state index contributed by atoms with van der Waals surface area (Å²) >= 11 is 1.78. The van der Waals surface area contributed by atoms with Gasteiger partial charge in [-0.25, -0.2) is 4.79 Å². The molecular weight excluding hydrogens is 354 g/mol. The van der Waals surface area contributed by atoms with E-state index in [9.17, 15) is 14.4 Å². The maximum absolute atomic E-state index is 12.4. The van der Waals surface area contributed by atoms with Crippen LogP contribution in [0.5, 0.6) is 0 Å². The van der Waals surface area contributed by atoms with E-state index in [0.717, 1.165) is 31.1 Å². The molecule has 2 N–H and O–H groups in total. The predicted octanol–water partition coefficient (Wildman–Crippen LogP) is 0.714. The number of nitrogens with one attached hydrogen (secondary N) is 2. The van der Waals surface area contributed by atoms with E-state index in [1.54, 1.807) is 36.0 Å². The molecule has 0 saturated carbocycles. The number of nitrogens with zero attached hydrogens (tertiary/aromatic N) is 1. The highest BCUT2D eigenvalue weighted by Gasteiger charge is 2.33. The largest absolute Gasteiger partial charge is 0.465 e. The summed E-state index contributed by atoms with van der Waals surface area (Å²) in [5, 5.41) is 6.18. The second-order valence-corrected chi connectivity index (χ2v) is 7.56. The van der Waals surface area contributed by atoms with Gasteiger partial charge < -0.3 is 20.3 Å². The molecular formula is C18H23N3O4S. The fourth-order valence-electron chi connectivity index (χ4n) is 3.18. The number of hydrogen-bond donors (Lipinski definition) is 2. The second kappa shape index (κ2) is 8.55. The van der Waals surface area contributed by atoms with Crippen LogP contribution in [0.25, 0.3) is 0 Å². The van der Waals surface area contributed by atoms with Gasteiger partial charge in [0.2, 0.25) is 5.91 Å². The SMILES string of the molecule is COC(=O)c1ccc(C(=O)NC[C@@H]2CN[C@H](C(=O)N3CCSC3)C2)cc1. The molecule has 3 rings (SSSR count). The molecule has 0 spiro atoms. The number of methoxy groups -OCH3 is 1. The molecule has 0 unspecified atom stereocenters. The van der Waals surface area contributed by atoms with E-state index >= 15 is 0 Å². The molecule has 2 amide bonds. The number of hydrogen-bond acceptors (Lipinski definition) is 6. The molecule has 7 nitrogen and oxygen atoms in total. The zero-order chi connectivity index (χ0) is 18.5. The summed E-state index contributed by atoms with van der Waals surface area (Å²) in [4.78, 5) is 37.9. The van der Waals surface area contributed by atoms with Crippen molar-refractivity contribution in [2.24, 2.45) is 5.92 Å². The number of benzene rings is 1. The molecule has 2 aliphatic heterocycles. The Balaban J connectivity index is 1.46. The van der Waals surface area contributed by atoms with E-state index in [0.29, 0.717) is 17.7 Å². The third-order valence-corrected chi connectivity index (χ3v) is 5.67. The van der Waals surface area contributed by atoms with Crippen LogP contribution in [0, 0.1) is 5.92 Å². The van der Waals surface area contributed by atoms with Crippen LogP contribution < -0.4 is 10.6 Å². The molecule has 0 radical (unpaired) electrons. The molecule has 0 aliphatic carbocycles. The molecule has 2 fully saturated rings. The lowest BCUT2D eigenvalue weighted by Crippen LogP contribution is -2.42. The van der Waals surface area contributed by atoms with E-state index in [4.69, 9.17) is 0 Å². The Morgan fingerprint density at radius 2 is 2.00 bits per heavy atom. The smallest absolute Gasteiger partial charge is 0.337 e. The summed E-state index contributed by atoms with van der Waals surface area (Å²) in [6.45, 7) is 2.06. The van der Waals surface area contributed by atoms with Gasteiger partial charge in [0.15, 0.2) is 0 Å². The van der Waals surface area contributed by atoms with Crippen molar-refractivity contribution in [2.45, 2.75) is 12.5 Å². The molecule has 2 heterocycles. The molecule has 2 saturated heterocycles. The predicted molar refractivity (Wildman–Crippen MR) is 99.1 cm³/mol. The monoisotopic (exact) mass is 377 g/mol. The Bertz CT molecular complexity index is 674. The minimum atomic E-state index is -0.430. The van der Waals surface area contributed by atoms with E-state index in [1.165, 1.54) is 7.11 Å². The van der Waals surface area contributed by atoms with Crippen LogP contribution in [-0.4, -0.2) is 67.1 Å². The Labute approximate surface area is 156 Å². The highest BCUT2D eigenvalue weighted by atomic mass is 32.2. The molecule has 1 aromatic carbocycles. The Morgan fingerprint density at radius 1 is 1.27 bits per heavy atom. The summed E-state index contributed by atoms with van der Waals surface area (Å²) in [5.41, 5.74) is 0.899. The first-order valence-corrected chi connectivity index (χ1v) is 9.80. The molecule has 140 valence electrons. The van der Waals surface area contributed by atoms with Crippen LogP contribution in [0.1, 0.15) is 27.1 Å². The summed E-state index contributed by atoms with van der Waals surface area (Å²) in [6, 6.07) is 6.20. The Morgan fingerprint density at radius 3 is 2.65 bits per heavy atom. The first-order chi connectivity index (χ1) is 12.6. The minimum Gasteiger partial charge on any atom is -0.465 e. The fourth-order valence-corrected chi connectivity index (χ4v) is 4.13. The highest BCUT2D eigenvalue weighted by molar-refractivity contribution is 7.99. The maximum atomic E-state index is 12.4. The van der Waals surface area contributed by atoms with Gasteiger partial charge >= 0.3 is 5.97 Å². The van der Waals surface area contributed by atoms with Crippen LogP contribution in [-0.2, 0) is 9.53 Å². The number of rotatable bonds is 5. The van der Waals surface area contributed by atoms with Gasteiger partial charge in [0.05, 0.1) is 24.6 Å². The van der Waals surface area contributed by atoms with Crippen LogP contribution in [0.4, 0.5) is 0 Å². The van der Waals surface area contributed by atoms with Crippen molar-refractivity contribution in [3.05, 3.63) is 35.4 Å². The summed E-state index contributed by atoms with van der Waals surface area (Å²) in [7, 11) is 1.32. The lowest BCUT2D eigenvalue weighted by atomic mass is 10.0. The molecule has 8 heteroatoms. The normalized spacial score (nSPS) is 22.3. The summed E-state index contributed by atoms with van der Waals surface area (Å²) in [5.74, 6) is 1.57. The molecule has 0 aromatic heterocycles. The van der Waals surface area contributed by atoms with Gasteiger partial charge in [0.1, 0.15) is 0 Å². The van der Waals surface area contributed by atoms with Crippen LogP contribution in [0.15, 0.2) is 24.3 Å². The quantitative estimate of drug-likeness (QED) is 0.735. The number of amides is 2. The third-order valence-electron chi connectivity index (χ3n) is 4.70. The standard InChI is InChI=1S/C18H23N3O4S/c1-25-18(24)14-4-2-13(3-5-14)16(22)20-10-12-8-15(19-9-12)17(23)21-6-7-26-11-21/h2-5,12,15,19H,6-11H2,1H3,(H,20,22)/t12-,15-/m0/s1. The van der Waals surface area contributed by atoms with Gasteiger partial charge in [-0.3, -0.25) is 9.59 Å². The maximum Gasteiger partial charge on any atom is 0.337 e. The minimum absolute atomic E-state index is 0.144. The highest BCUT2D eigenvalue weighted by Crippen LogP contribution is 2.20. The van der Waals surface area contributed by atoms with Crippen molar-refractivity contribution in [1.82, 2.24) is 15.5 Å². The van der Waals surface area contributed by atoms with Crippen molar-refractivity contribution < 1.29 is 19.1 Å². The van der Waals surface area contributed by atoms with E-state index < -0.39 is 5.97 Å². The first-order valence-electron chi connectivity index (χ1n) is 8.65. The number of thioether (sulfide) groups is 1. The lowest BCUT2D eigenvalue weighted by Gasteiger charge is -2.19. The molecule has 2 aliphatic rings. The van der Waals surface area contributed by atoms with Gasteiger partial charge in [-0.2, -0.15) is 0 Å². The van der Waals surface area contributed by atoms with Gasteiger partial charge in [-0.15, -0.1) is 11.8 Å². The van der Waals surface area contributed by atoms with Crippen molar-refractivity contribution >= 4 is 29.5 Å². The summed E-state index contributed by atoms with van der Waals surface area (Å²) < 4.78 is 4.64. The average Bonchev–Trinajstić information content (AvgIpc) is 3.37. The van der Waals surface area contributed by atoms with Gasteiger partial charge in [0.25, 0.3) is 5.91 Å². The molecule has 26 heavy (non-hydrogen) atoms. The number of esters is 1. The van der Waals surface area contributed by atoms with Crippen LogP contribution in [0.3, 0.4) is 0 Å². The van der Waals surface area contributed by atoms with E-state index in [1.807, 2.05) is 4.90 Å². The Kier molecular flexibility index (Phi) is 6.16. The first kappa shape index (κ1) is 18.7. The van der Waals surface area contributed by atoms with Crippen molar-refractivity contribution in [3.63, 3.8) is 0 Å². The number of carbonyl (C=O) groups excluding carboxylic acids is 3. The number of carbonyl (C=O) groups is 3. The van der Waals surface area contributed by atoms with Gasteiger partial charge in [-0.1, -0.05) is 0 Å². The lowest BCUT2D eigenvalue weighted by molar-refractivity contribution is -0.131. The van der Waals surface area contributed by atoms with Gasteiger partial charge in [0, 0.05) is 31.0 Å². The van der Waals surface area contributed by atoms with Crippen LogP contribution >= 0.6 is 11.8 Å². The van der Waals surface area contributed by atoms with Crippen molar-refractivity contribution in [3.8, 4) is 0 Å². The van der Waals surface area contributed by atoms with Crippen molar-refractivity contribution in [2.75, 3.05) is 38.4 Å². The topological polar surface area (TPSA) is 87.7 Å². The van der Waals surface area contributed by atoms with E-state index in [-0.39, 0.29) is 23.8 Å². The number of ether oxygens (including phenoxy) is 1. The van der Waals surface area contributed by atoms with Crippen molar-refractivity contribution in [1.29, 1.82) is 0 Å². The molecule has 1 aromatic rings. The fraction of sp³-hybridized carbons (Fsp3) is 0.500. The van der Waals surface area contributed by atoms with Gasteiger partial charge in [-0.05, 0) is 36.6 Å². The summed E-state index contributed by atoms with van der Waals surface area (Å²) in [6.07, 6.45) is 0.738. The third kappa shape index (κ3) is 4.37. The zero-order valence-electron chi connectivity index (χ0n) is 14.7.